The molecular weight excluding hydrogens is 250 g/mol. The maximum atomic E-state index is 12.1. The highest BCUT2D eigenvalue weighted by Crippen LogP contribution is 2.56. The summed E-state index contributed by atoms with van der Waals surface area (Å²) in [6.45, 7) is 0.362. The van der Waals surface area contributed by atoms with Crippen molar-refractivity contribution in [2.45, 2.75) is 51.2 Å². The summed E-state index contributed by atoms with van der Waals surface area (Å²) in [5.74, 6) is 0. The summed E-state index contributed by atoms with van der Waals surface area (Å²) in [4.78, 5) is 13.9. The summed E-state index contributed by atoms with van der Waals surface area (Å²) in [5.41, 5.74) is 1.71. The molecule has 1 amide bonds. The fourth-order valence-electron chi connectivity index (χ4n) is 3.25. The van der Waals surface area contributed by atoms with Crippen LogP contribution < -0.4 is 0 Å². The van der Waals surface area contributed by atoms with E-state index in [1.54, 1.807) is 4.90 Å². The molecule has 1 aromatic rings. The molecule has 0 aliphatic heterocycles. The van der Waals surface area contributed by atoms with Gasteiger partial charge in [0, 0.05) is 13.1 Å². The molecule has 0 bridgehead atoms. The monoisotopic (exact) mass is 273 g/mol. The van der Waals surface area contributed by atoms with Crippen LogP contribution in [-0.2, 0) is 11.3 Å². The quantitative estimate of drug-likeness (QED) is 0.833. The number of benzene rings is 1. The molecule has 0 aromatic heterocycles. The minimum atomic E-state index is -0.189. The second-order valence-electron chi connectivity index (χ2n) is 6.38. The minimum absolute atomic E-state index is 0.189. The molecule has 20 heavy (non-hydrogen) atoms. The van der Waals surface area contributed by atoms with E-state index in [-0.39, 0.29) is 6.09 Å². The van der Waals surface area contributed by atoms with E-state index >= 15 is 0 Å². The third-order valence-electron chi connectivity index (χ3n) is 5.01. The molecule has 2 saturated carbocycles. The van der Waals surface area contributed by atoms with Gasteiger partial charge in [-0.3, -0.25) is 0 Å². The third kappa shape index (κ3) is 2.97. The van der Waals surface area contributed by atoms with Gasteiger partial charge in [0.25, 0.3) is 0 Å². The second-order valence-corrected chi connectivity index (χ2v) is 6.38. The molecule has 0 heterocycles. The van der Waals surface area contributed by atoms with Gasteiger partial charge in [0.1, 0.15) is 6.61 Å². The first-order valence-corrected chi connectivity index (χ1v) is 7.62. The molecule has 2 aliphatic rings. The van der Waals surface area contributed by atoms with E-state index in [9.17, 15) is 4.79 Å². The van der Waals surface area contributed by atoms with E-state index in [1.807, 2.05) is 37.4 Å². The van der Waals surface area contributed by atoms with E-state index in [4.69, 9.17) is 4.74 Å². The van der Waals surface area contributed by atoms with Crippen LogP contribution in [0.25, 0.3) is 0 Å². The molecule has 2 fully saturated rings. The Morgan fingerprint density at radius 3 is 2.45 bits per heavy atom. The van der Waals surface area contributed by atoms with Crippen molar-refractivity contribution < 1.29 is 9.53 Å². The highest BCUT2D eigenvalue weighted by molar-refractivity contribution is 5.67. The van der Waals surface area contributed by atoms with Crippen LogP contribution in [0, 0.1) is 5.41 Å². The molecule has 1 spiro atoms. The largest absolute Gasteiger partial charge is 0.445 e. The van der Waals surface area contributed by atoms with Gasteiger partial charge in [-0.05, 0) is 49.5 Å². The number of hydrogen-bond acceptors (Lipinski definition) is 2. The third-order valence-corrected chi connectivity index (χ3v) is 5.01. The number of hydrogen-bond donors (Lipinski definition) is 0. The first-order valence-electron chi connectivity index (χ1n) is 7.62. The number of ether oxygens (including phenoxy) is 1. The predicted molar refractivity (Wildman–Crippen MR) is 78.3 cm³/mol. The Kier molecular flexibility index (Phi) is 3.68. The number of carbonyl (C=O) groups is 1. The Morgan fingerprint density at radius 2 is 1.85 bits per heavy atom. The number of carbonyl (C=O) groups excluding carboxylic acids is 1. The zero-order chi connectivity index (χ0) is 14.0. The fraction of sp³-hybridized carbons (Fsp3) is 0.588. The molecule has 0 saturated heterocycles. The maximum Gasteiger partial charge on any atom is 0.410 e. The number of amides is 1. The van der Waals surface area contributed by atoms with E-state index in [1.165, 1.54) is 25.7 Å². The van der Waals surface area contributed by atoms with Crippen LogP contribution in [0.2, 0.25) is 0 Å². The summed E-state index contributed by atoms with van der Waals surface area (Å²) >= 11 is 0. The Hall–Kier alpha value is -1.51. The van der Waals surface area contributed by atoms with Crippen molar-refractivity contribution in [1.29, 1.82) is 0 Å². The van der Waals surface area contributed by atoms with Gasteiger partial charge in [0.05, 0.1) is 0 Å². The standard InChI is InChI=1S/C17H23NO2/c1-18(15-7-9-17(10-8-15)11-12-17)16(19)20-13-14-5-3-2-4-6-14/h2-6,15H,7-13H2,1H3. The topological polar surface area (TPSA) is 29.5 Å². The molecule has 3 nitrogen and oxygen atoms in total. The lowest BCUT2D eigenvalue weighted by molar-refractivity contribution is 0.0776. The summed E-state index contributed by atoms with van der Waals surface area (Å²) in [6, 6.07) is 10.2. The molecular formula is C17H23NO2. The molecule has 0 unspecified atom stereocenters. The first-order chi connectivity index (χ1) is 9.69. The molecule has 3 heteroatoms. The van der Waals surface area contributed by atoms with Crippen LogP contribution in [0.15, 0.2) is 30.3 Å². The highest BCUT2D eigenvalue weighted by atomic mass is 16.6. The zero-order valence-electron chi connectivity index (χ0n) is 12.2. The average Bonchev–Trinajstić information content (AvgIpc) is 3.25. The van der Waals surface area contributed by atoms with Crippen molar-refractivity contribution in [1.82, 2.24) is 4.90 Å². The summed E-state index contributed by atoms with van der Waals surface area (Å²) in [6.07, 6.45) is 7.46. The van der Waals surface area contributed by atoms with Crippen LogP contribution in [0.4, 0.5) is 4.79 Å². The molecule has 0 N–H and O–H groups in total. The lowest BCUT2D eigenvalue weighted by Gasteiger charge is -2.34. The molecule has 1 aromatic carbocycles. The van der Waals surface area contributed by atoms with E-state index in [0.29, 0.717) is 18.1 Å². The van der Waals surface area contributed by atoms with E-state index < -0.39 is 0 Å². The van der Waals surface area contributed by atoms with Crippen molar-refractivity contribution in [3.63, 3.8) is 0 Å². The van der Waals surface area contributed by atoms with Crippen LogP contribution in [0.1, 0.15) is 44.1 Å². The van der Waals surface area contributed by atoms with Crippen molar-refractivity contribution in [2.75, 3.05) is 7.05 Å². The molecule has 3 rings (SSSR count). The van der Waals surface area contributed by atoms with Gasteiger partial charge in [-0.1, -0.05) is 30.3 Å². The Morgan fingerprint density at radius 1 is 1.20 bits per heavy atom. The highest BCUT2D eigenvalue weighted by Gasteiger charge is 2.45. The van der Waals surface area contributed by atoms with Gasteiger partial charge in [-0.15, -0.1) is 0 Å². The molecule has 0 radical (unpaired) electrons. The van der Waals surface area contributed by atoms with Crippen molar-refractivity contribution in [2.24, 2.45) is 5.41 Å². The van der Waals surface area contributed by atoms with Crippen LogP contribution in [0.5, 0.6) is 0 Å². The van der Waals surface area contributed by atoms with Gasteiger partial charge in [-0.2, -0.15) is 0 Å². The van der Waals surface area contributed by atoms with E-state index in [0.717, 1.165) is 18.4 Å². The van der Waals surface area contributed by atoms with Gasteiger partial charge in [-0.25, -0.2) is 4.79 Å². The summed E-state index contributed by atoms with van der Waals surface area (Å²) in [5, 5.41) is 0. The lowest BCUT2D eigenvalue weighted by atomic mass is 9.83. The Labute approximate surface area is 120 Å². The average molecular weight is 273 g/mol. The summed E-state index contributed by atoms with van der Waals surface area (Å²) < 4.78 is 5.40. The van der Waals surface area contributed by atoms with Crippen molar-refractivity contribution >= 4 is 6.09 Å². The van der Waals surface area contributed by atoms with Crippen molar-refractivity contribution in [3.8, 4) is 0 Å². The number of nitrogens with zero attached hydrogens (tertiary/aromatic N) is 1. The Bertz CT molecular complexity index is 457. The minimum Gasteiger partial charge on any atom is -0.445 e. The fourth-order valence-corrected chi connectivity index (χ4v) is 3.25. The van der Waals surface area contributed by atoms with E-state index in [2.05, 4.69) is 0 Å². The molecule has 108 valence electrons. The van der Waals surface area contributed by atoms with Crippen molar-refractivity contribution in [3.05, 3.63) is 35.9 Å². The normalized spacial score (nSPS) is 20.6. The zero-order valence-corrected chi connectivity index (χ0v) is 12.2. The SMILES string of the molecule is CN(C(=O)OCc1ccccc1)C1CCC2(CC1)CC2. The maximum absolute atomic E-state index is 12.1. The smallest absolute Gasteiger partial charge is 0.410 e. The van der Waals surface area contributed by atoms with Crippen LogP contribution >= 0.6 is 0 Å². The summed E-state index contributed by atoms with van der Waals surface area (Å²) in [7, 11) is 1.88. The molecule has 0 atom stereocenters. The van der Waals surface area contributed by atoms with Gasteiger partial charge in [0.2, 0.25) is 0 Å². The van der Waals surface area contributed by atoms with Gasteiger partial charge < -0.3 is 9.64 Å². The van der Waals surface area contributed by atoms with Gasteiger partial charge in [0.15, 0.2) is 0 Å². The predicted octanol–water partition coefficient (Wildman–Crippen LogP) is 3.98. The van der Waals surface area contributed by atoms with Gasteiger partial charge >= 0.3 is 6.09 Å². The van der Waals surface area contributed by atoms with Crippen LogP contribution in [0.3, 0.4) is 0 Å². The van der Waals surface area contributed by atoms with Crippen LogP contribution in [-0.4, -0.2) is 24.1 Å². The second kappa shape index (κ2) is 5.47. The Balaban J connectivity index is 1.47. The molecule has 2 aliphatic carbocycles. The number of rotatable bonds is 3. The lowest BCUT2D eigenvalue weighted by Crippen LogP contribution is -2.40. The first kappa shape index (κ1) is 13.5.